The fraction of sp³-hybridized carbons (Fsp3) is 0.714. The van der Waals surface area contributed by atoms with Gasteiger partial charge in [0.25, 0.3) is 0 Å². The van der Waals surface area contributed by atoms with Crippen LogP contribution in [0.2, 0.25) is 0 Å². The van der Waals surface area contributed by atoms with Crippen LogP contribution in [-0.2, 0) is 19.2 Å². The Balaban J connectivity index is 2.76. The van der Waals surface area contributed by atoms with E-state index in [-0.39, 0.29) is 19.4 Å². The SMILES string of the molecule is CC(O)C(NC(=O)C(N)CCC(N)=O)C(=O)N1CCCC1C(=O)O. The van der Waals surface area contributed by atoms with Gasteiger partial charge in [-0.3, -0.25) is 14.4 Å². The zero-order valence-electron chi connectivity index (χ0n) is 13.5. The second kappa shape index (κ2) is 8.60. The summed E-state index contributed by atoms with van der Waals surface area (Å²) in [6.07, 6.45) is -0.473. The van der Waals surface area contributed by atoms with Crippen molar-refractivity contribution in [3.05, 3.63) is 0 Å². The molecular weight excluding hydrogens is 320 g/mol. The molecule has 0 spiro atoms. The van der Waals surface area contributed by atoms with E-state index in [4.69, 9.17) is 16.6 Å². The number of aliphatic carboxylic acids is 1. The quantitative estimate of drug-likeness (QED) is 0.324. The standard InChI is InChI=1S/C14H24N4O6/c1-7(19)11(17-12(21)8(15)4-5-10(16)20)13(22)18-6-2-3-9(18)14(23)24/h7-9,11,19H,2-6,15H2,1H3,(H2,16,20)(H,17,21)(H,23,24). The van der Waals surface area contributed by atoms with Crippen LogP contribution in [0.15, 0.2) is 0 Å². The average Bonchev–Trinajstić information content (AvgIpc) is 2.98. The van der Waals surface area contributed by atoms with Crippen LogP contribution in [0.4, 0.5) is 0 Å². The van der Waals surface area contributed by atoms with E-state index in [1.807, 2.05) is 0 Å². The molecule has 4 unspecified atom stereocenters. The summed E-state index contributed by atoms with van der Waals surface area (Å²) in [6.45, 7) is 1.55. The number of hydrogen-bond acceptors (Lipinski definition) is 6. The van der Waals surface area contributed by atoms with Crippen molar-refractivity contribution in [3.8, 4) is 0 Å². The number of hydrogen-bond donors (Lipinski definition) is 5. The largest absolute Gasteiger partial charge is 0.480 e. The molecule has 0 aliphatic carbocycles. The number of amides is 3. The number of primary amides is 1. The lowest BCUT2D eigenvalue weighted by Gasteiger charge is -2.29. The van der Waals surface area contributed by atoms with Crippen molar-refractivity contribution < 1.29 is 29.4 Å². The molecule has 0 radical (unpaired) electrons. The molecule has 24 heavy (non-hydrogen) atoms. The van der Waals surface area contributed by atoms with Gasteiger partial charge in [-0.05, 0) is 26.2 Å². The summed E-state index contributed by atoms with van der Waals surface area (Å²) in [6, 6.07) is -3.35. The maximum Gasteiger partial charge on any atom is 0.326 e. The van der Waals surface area contributed by atoms with Crippen LogP contribution in [0, 0.1) is 0 Å². The summed E-state index contributed by atoms with van der Waals surface area (Å²) in [4.78, 5) is 47.5. The van der Waals surface area contributed by atoms with E-state index in [1.165, 1.54) is 6.92 Å². The Bertz CT molecular complexity index is 509. The number of nitrogens with zero attached hydrogens (tertiary/aromatic N) is 1. The smallest absolute Gasteiger partial charge is 0.326 e. The highest BCUT2D eigenvalue weighted by atomic mass is 16.4. The van der Waals surface area contributed by atoms with E-state index < -0.39 is 47.9 Å². The first-order valence-corrected chi connectivity index (χ1v) is 7.70. The number of carboxylic acid groups (broad SMARTS) is 1. The number of rotatable bonds is 8. The summed E-state index contributed by atoms with van der Waals surface area (Å²) >= 11 is 0. The molecule has 3 amide bonds. The van der Waals surface area contributed by atoms with E-state index >= 15 is 0 Å². The maximum absolute atomic E-state index is 12.5. The third kappa shape index (κ3) is 5.17. The molecule has 1 fully saturated rings. The molecule has 0 aromatic heterocycles. The Labute approximate surface area is 139 Å². The van der Waals surface area contributed by atoms with Crippen LogP contribution in [-0.4, -0.2) is 69.6 Å². The Kier molecular flexibility index (Phi) is 7.11. The van der Waals surface area contributed by atoms with Crippen LogP contribution in [0.3, 0.4) is 0 Å². The highest BCUT2D eigenvalue weighted by molar-refractivity contribution is 5.92. The van der Waals surface area contributed by atoms with Gasteiger partial charge >= 0.3 is 5.97 Å². The van der Waals surface area contributed by atoms with Gasteiger partial charge in [0, 0.05) is 13.0 Å². The van der Waals surface area contributed by atoms with E-state index in [2.05, 4.69) is 5.32 Å². The minimum atomic E-state index is -1.31. The topological polar surface area (TPSA) is 176 Å². The van der Waals surface area contributed by atoms with Gasteiger partial charge in [0.05, 0.1) is 12.1 Å². The fourth-order valence-corrected chi connectivity index (χ4v) is 2.54. The molecule has 4 atom stereocenters. The predicted molar refractivity (Wildman–Crippen MR) is 82.4 cm³/mol. The van der Waals surface area contributed by atoms with Crippen LogP contribution < -0.4 is 16.8 Å². The zero-order valence-corrected chi connectivity index (χ0v) is 13.5. The molecule has 0 bridgehead atoms. The Morgan fingerprint density at radius 1 is 1.33 bits per heavy atom. The fourth-order valence-electron chi connectivity index (χ4n) is 2.54. The molecule has 1 aliphatic heterocycles. The molecule has 0 aromatic carbocycles. The van der Waals surface area contributed by atoms with Gasteiger partial charge < -0.3 is 31.9 Å². The third-order valence-corrected chi connectivity index (χ3v) is 3.91. The second-order valence-corrected chi connectivity index (χ2v) is 5.87. The van der Waals surface area contributed by atoms with Crippen molar-refractivity contribution in [2.45, 2.75) is 56.8 Å². The monoisotopic (exact) mass is 344 g/mol. The Hall–Kier alpha value is -2.20. The van der Waals surface area contributed by atoms with Gasteiger partial charge in [-0.2, -0.15) is 0 Å². The van der Waals surface area contributed by atoms with Crippen LogP contribution in [0.5, 0.6) is 0 Å². The van der Waals surface area contributed by atoms with Gasteiger partial charge in [0.15, 0.2) is 0 Å². The van der Waals surface area contributed by atoms with Crippen molar-refractivity contribution in [1.82, 2.24) is 10.2 Å². The molecule has 0 aromatic rings. The minimum Gasteiger partial charge on any atom is -0.480 e. The van der Waals surface area contributed by atoms with Gasteiger partial charge in [0.2, 0.25) is 17.7 Å². The number of aliphatic hydroxyl groups is 1. The molecule has 1 saturated heterocycles. The van der Waals surface area contributed by atoms with Crippen LogP contribution in [0.1, 0.15) is 32.6 Å². The number of carbonyl (C=O) groups is 4. The molecule has 136 valence electrons. The number of carbonyl (C=O) groups excluding carboxylic acids is 3. The average molecular weight is 344 g/mol. The highest BCUT2D eigenvalue weighted by Crippen LogP contribution is 2.19. The summed E-state index contributed by atoms with van der Waals surface area (Å²) in [5, 5.41) is 21.3. The molecule has 10 heteroatoms. The number of likely N-dealkylation sites (tertiary alicyclic amines) is 1. The van der Waals surface area contributed by atoms with Crippen molar-refractivity contribution in [1.29, 1.82) is 0 Å². The molecule has 7 N–H and O–H groups in total. The van der Waals surface area contributed by atoms with Crippen molar-refractivity contribution >= 4 is 23.7 Å². The van der Waals surface area contributed by atoms with E-state index in [0.717, 1.165) is 4.90 Å². The summed E-state index contributed by atoms with van der Waals surface area (Å²) in [5.74, 6) is -3.13. The van der Waals surface area contributed by atoms with Gasteiger partial charge in [0.1, 0.15) is 12.1 Å². The van der Waals surface area contributed by atoms with E-state index in [1.54, 1.807) is 0 Å². The first-order valence-electron chi connectivity index (χ1n) is 7.70. The lowest BCUT2D eigenvalue weighted by Crippen LogP contribution is -2.58. The van der Waals surface area contributed by atoms with Crippen LogP contribution >= 0.6 is 0 Å². The molecular formula is C14H24N4O6. The van der Waals surface area contributed by atoms with Crippen molar-refractivity contribution in [2.24, 2.45) is 11.5 Å². The Morgan fingerprint density at radius 3 is 2.46 bits per heavy atom. The molecule has 1 heterocycles. The lowest BCUT2D eigenvalue weighted by atomic mass is 10.1. The van der Waals surface area contributed by atoms with Crippen LogP contribution in [0.25, 0.3) is 0 Å². The molecule has 0 saturated carbocycles. The van der Waals surface area contributed by atoms with E-state index in [0.29, 0.717) is 12.8 Å². The molecule has 10 nitrogen and oxygen atoms in total. The maximum atomic E-state index is 12.5. The highest BCUT2D eigenvalue weighted by Gasteiger charge is 2.39. The molecule has 1 rings (SSSR count). The number of nitrogens with two attached hydrogens (primary N) is 2. The van der Waals surface area contributed by atoms with Gasteiger partial charge in [-0.15, -0.1) is 0 Å². The molecule has 1 aliphatic rings. The normalized spacial score (nSPS) is 21.0. The first-order chi connectivity index (χ1) is 11.1. The third-order valence-electron chi connectivity index (χ3n) is 3.91. The number of nitrogens with one attached hydrogen (secondary N) is 1. The first kappa shape index (κ1) is 19.8. The summed E-state index contributed by atoms with van der Waals surface area (Å²) in [5.41, 5.74) is 10.6. The zero-order chi connectivity index (χ0) is 18.4. The van der Waals surface area contributed by atoms with E-state index in [9.17, 15) is 24.3 Å². The minimum absolute atomic E-state index is 0.00333. The second-order valence-electron chi connectivity index (χ2n) is 5.87. The van der Waals surface area contributed by atoms with Gasteiger partial charge in [-0.1, -0.05) is 0 Å². The van der Waals surface area contributed by atoms with Gasteiger partial charge in [-0.25, -0.2) is 4.79 Å². The Morgan fingerprint density at radius 2 is 1.96 bits per heavy atom. The lowest BCUT2D eigenvalue weighted by molar-refractivity contribution is -0.150. The number of aliphatic hydroxyl groups excluding tert-OH is 1. The summed E-state index contributed by atoms with van der Waals surface area (Å²) in [7, 11) is 0. The predicted octanol–water partition coefficient (Wildman–Crippen LogP) is -2.48. The van der Waals surface area contributed by atoms with Crippen molar-refractivity contribution in [3.63, 3.8) is 0 Å². The number of carboxylic acids is 1. The summed E-state index contributed by atoms with van der Waals surface area (Å²) < 4.78 is 0. The van der Waals surface area contributed by atoms with Crippen molar-refractivity contribution in [2.75, 3.05) is 6.54 Å².